The highest BCUT2D eigenvalue weighted by Gasteiger charge is 2.28. The van der Waals surface area contributed by atoms with E-state index in [-0.39, 0.29) is 12.4 Å². The highest BCUT2D eigenvalue weighted by Crippen LogP contribution is 2.26. The fraction of sp³-hybridized carbons (Fsp3) is 0.636. The van der Waals surface area contributed by atoms with E-state index in [4.69, 9.17) is 14.6 Å². The summed E-state index contributed by atoms with van der Waals surface area (Å²) in [6.07, 6.45) is 6.90. The van der Waals surface area contributed by atoms with Crippen LogP contribution in [0.3, 0.4) is 0 Å². The molecule has 3 heteroatoms. The van der Waals surface area contributed by atoms with Gasteiger partial charge in [0, 0.05) is 0 Å². The first-order valence-corrected chi connectivity index (χ1v) is 5.08. The second kappa shape index (κ2) is 4.26. The quantitative estimate of drug-likeness (QED) is 0.588. The second-order valence-electron chi connectivity index (χ2n) is 3.93. The van der Waals surface area contributed by atoms with Gasteiger partial charge in [0.1, 0.15) is 13.2 Å². The smallest absolute Gasteiger partial charge is 0.201 e. The zero-order chi connectivity index (χ0) is 9.97. The summed E-state index contributed by atoms with van der Waals surface area (Å²) >= 11 is 0. The summed E-state index contributed by atoms with van der Waals surface area (Å²) in [5.41, 5.74) is 1.21. The SMILES string of the molecule is CC1CC=CC=C1C1OCC([OH2+])CO1. The van der Waals surface area contributed by atoms with Crippen molar-refractivity contribution in [2.24, 2.45) is 5.92 Å². The van der Waals surface area contributed by atoms with Crippen LogP contribution in [0.5, 0.6) is 0 Å². The third kappa shape index (κ3) is 2.05. The van der Waals surface area contributed by atoms with E-state index in [0.717, 1.165) is 6.42 Å². The van der Waals surface area contributed by atoms with Gasteiger partial charge in [0.2, 0.25) is 6.10 Å². The van der Waals surface area contributed by atoms with Crippen LogP contribution in [-0.4, -0.2) is 30.7 Å². The lowest BCUT2D eigenvalue weighted by molar-refractivity contribution is -0.200. The van der Waals surface area contributed by atoms with Gasteiger partial charge in [-0.25, -0.2) is 0 Å². The first-order chi connectivity index (χ1) is 6.77. The minimum absolute atomic E-state index is 0.212. The molecule has 0 spiro atoms. The molecule has 78 valence electrons. The van der Waals surface area contributed by atoms with Crippen LogP contribution in [0.25, 0.3) is 0 Å². The third-order valence-corrected chi connectivity index (χ3v) is 2.65. The highest BCUT2D eigenvalue weighted by atomic mass is 16.7. The van der Waals surface area contributed by atoms with E-state index in [1.165, 1.54) is 5.57 Å². The van der Waals surface area contributed by atoms with Crippen LogP contribution >= 0.6 is 0 Å². The summed E-state index contributed by atoms with van der Waals surface area (Å²) in [6, 6.07) is 0. The van der Waals surface area contributed by atoms with Gasteiger partial charge >= 0.3 is 0 Å². The van der Waals surface area contributed by atoms with Crippen LogP contribution in [0, 0.1) is 5.92 Å². The molecular formula is C11H17O3+. The Bertz CT molecular complexity index is 249. The minimum Gasteiger partial charge on any atom is -0.440 e. The first-order valence-electron chi connectivity index (χ1n) is 5.08. The van der Waals surface area contributed by atoms with Crippen molar-refractivity contribution in [1.29, 1.82) is 0 Å². The van der Waals surface area contributed by atoms with Gasteiger partial charge in [-0.2, -0.15) is 0 Å². The molecule has 0 saturated carbocycles. The molecule has 2 aliphatic rings. The van der Waals surface area contributed by atoms with E-state index in [0.29, 0.717) is 19.1 Å². The fourth-order valence-corrected chi connectivity index (χ4v) is 1.77. The number of hydrogen-bond acceptors (Lipinski definition) is 2. The van der Waals surface area contributed by atoms with E-state index >= 15 is 0 Å². The van der Waals surface area contributed by atoms with Gasteiger partial charge in [-0.3, -0.25) is 0 Å². The van der Waals surface area contributed by atoms with Gasteiger partial charge < -0.3 is 14.6 Å². The lowest BCUT2D eigenvalue weighted by atomic mass is 9.93. The second-order valence-corrected chi connectivity index (χ2v) is 3.93. The zero-order valence-corrected chi connectivity index (χ0v) is 8.40. The highest BCUT2D eigenvalue weighted by molar-refractivity contribution is 5.22. The Morgan fingerprint density at radius 3 is 2.71 bits per heavy atom. The predicted molar refractivity (Wildman–Crippen MR) is 54.1 cm³/mol. The molecular weight excluding hydrogens is 180 g/mol. The molecule has 0 amide bonds. The molecule has 1 aliphatic heterocycles. The molecule has 0 bridgehead atoms. The molecule has 14 heavy (non-hydrogen) atoms. The van der Waals surface area contributed by atoms with Crippen molar-refractivity contribution >= 4 is 0 Å². The largest absolute Gasteiger partial charge is 0.440 e. The Balaban J connectivity index is 2.00. The average Bonchev–Trinajstić information content (AvgIpc) is 2.20. The average molecular weight is 197 g/mol. The Morgan fingerprint density at radius 2 is 2.07 bits per heavy atom. The topological polar surface area (TPSA) is 41.4 Å². The molecule has 2 N–H and O–H groups in total. The molecule has 1 fully saturated rings. The third-order valence-electron chi connectivity index (χ3n) is 2.65. The molecule has 0 aromatic heterocycles. The van der Waals surface area contributed by atoms with Crippen molar-refractivity contribution in [3.8, 4) is 0 Å². The van der Waals surface area contributed by atoms with Crippen molar-refractivity contribution < 1.29 is 14.6 Å². The first kappa shape index (κ1) is 9.90. The fourth-order valence-electron chi connectivity index (χ4n) is 1.77. The van der Waals surface area contributed by atoms with E-state index in [2.05, 4.69) is 25.2 Å². The lowest BCUT2D eigenvalue weighted by Crippen LogP contribution is -2.37. The van der Waals surface area contributed by atoms with Crippen molar-refractivity contribution in [2.75, 3.05) is 13.2 Å². The summed E-state index contributed by atoms with van der Waals surface area (Å²) in [4.78, 5) is 0. The van der Waals surface area contributed by atoms with Crippen molar-refractivity contribution in [1.82, 2.24) is 0 Å². The summed E-state index contributed by atoms with van der Waals surface area (Å²) in [7, 11) is 0. The Kier molecular flexibility index (Phi) is 3.01. The van der Waals surface area contributed by atoms with E-state index in [9.17, 15) is 0 Å². The predicted octanol–water partition coefficient (Wildman–Crippen LogP) is 0.975. The van der Waals surface area contributed by atoms with Gasteiger partial charge in [-0.15, -0.1) is 0 Å². The van der Waals surface area contributed by atoms with Crippen LogP contribution in [0.1, 0.15) is 13.3 Å². The van der Waals surface area contributed by atoms with Crippen molar-refractivity contribution in [3.63, 3.8) is 0 Å². The van der Waals surface area contributed by atoms with Crippen LogP contribution in [0.15, 0.2) is 23.8 Å². The molecule has 1 aliphatic carbocycles. The van der Waals surface area contributed by atoms with Gasteiger partial charge in [-0.1, -0.05) is 25.2 Å². The van der Waals surface area contributed by atoms with E-state index in [1.807, 2.05) is 0 Å². The van der Waals surface area contributed by atoms with Crippen LogP contribution in [0.4, 0.5) is 0 Å². The van der Waals surface area contributed by atoms with Gasteiger partial charge in [0.25, 0.3) is 0 Å². The van der Waals surface area contributed by atoms with E-state index in [1.54, 1.807) is 0 Å². The monoisotopic (exact) mass is 197 g/mol. The Morgan fingerprint density at radius 1 is 1.36 bits per heavy atom. The molecule has 1 heterocycles. The molecule has 2 rings (SSSR count). The summed E-state index contributed by atoms with van der Waals surface area (Å²) in [6.45, 7) is 3.14. The number of hydrogen-bond donors (Lipinski definition) is 0. The van der Waals surface area contributed by atoms with E-state index < -0.39 is 0 Å². The molecule has 1 atom stereocenters. The number of allylic oxidation sites excluding steroid dienone is 3. The summed E-state index contributed by atoms with van der Waals surface area (Å²) in [5, 5.41) is 7.44. The van der Waals surface area contributed by atoms with Crippen LogP contribution in [-0.2, 0) is 9.47 Å². The number of rotatable bonds is 1. The van der Waals surface area contributed by atoms with Crippen molar-refractivity contribution in [3.05, 3.63) is 23.8 Å². The van der Waals surface area contributed by atoms with Crippen LogP contribution < -0.4 is 0 Å². The maximum Gasteiger partial charge on any atom is 0.201 e. The minimum atomic E-state index is -0.221. The summed E-state index contributed by atoms with van der Waals surface area (Å²) < 4.78 is 11.0. The Hall–Kier alpha value is -0.640. The Labute approximate surface area is 84.0 Å². The number of ether oxygens (including phenoxy) is 2. The van der Waals surface area contributed by atoms with Crippen molar-refractivity contribution in [2.45, 2.75) is 25.7 Å². The standard InChI is InChI=1S/C11H16O3/c1-8-4-2-3-5-10(8)11-13-6-9(12)7-14-11/h2-3,5,8-9,11-12H,4,6-7H2,1H3/p+1. The zero-order valence-electron chi connectivity index (χ0n) is 8.40. The molecule has 3 nitrogen and oxygen atoms in total. The lowest BCUT2D eigenvalue weighted by Gasteiger charge is -2.30. The molecule has 0 aromatic rings. The van der Waals surface area contributed by atoms with Crippen LogP contribution in [0.2, 0.25) is 0 Å². The molecule has 1 unspecified atom stereocenters. The maximum atomic E-state index is 7.44. The normalized spacial score (nSPS) is 38.1. The molecule has 0 radical (unpaired) electrons. The van der Waals surface area contributed by atoms with Gasteiger partial charge in [-0.05, 0) is 17.9 Å². The summed E-state index contributed by atoms with van der Waals surface area (Å²) in [5.74, 6) is 0.493. The maximum absolute atomic E-state index is 7.44. The molecule has 1 saturated heterocycles. The van der Waals surface area contributed by atoms with Gasteiger partial charge in [0.05, 0.1) is 0 Å². The molecule has 0 aromatic carbocycles. The van der Waals surface area contributed by atoms with Gasteiger partial charge in [0.15, 0.2) is 6.29 Å².